The topological polar surface area (TPSA) is 50.8 Å². The van der Waals surface area contributed by atoms with Crippen LogP contribution < -0.4 is 14.8 Å². The average Bonchev–Trinajstić information content (AvgIpc) is 3.15. The van der Waals surface area contributed by atoms with E-state index in [1.54, 1.807) is 34.9 Å². The van der Waals surface area contributed by atoms with Crippen LogP contribution >= 0.6 is 35.0 Å². The van der Waals surface area contributed by atoms with Gasteiger partial charge in [0.2, 0.25) is 0 Å². The highest BCUT2D eigenvalue weighted by molar-refractivity contribution is 7.99. The number of benzene rings is 2. The molecule has 2 amide bonds. The van der Waals surface area contributed by atoms with Crippen molar-refractivity contribution in [3.05, 3.63) is 52.0 Å². The maximum Gasteiger partial charge on any atom is 0.323 e. The second-order valence-electron chi connectivity index (χ2n) is 5.85. The summed E-state index contributed by atoms with van der Waals surface area (Å²) in [7, 11) is 0. The lowest BCUT2D eigenvalue weighted by Crippen LogP contribution is -2.34. The minimum Gasteiger partial charge on any atom is -0.486 e. The fourth-order valence-electron chi connectivity index (χ4n) is 2.96. The smallest absolute Gasteiger partial charge is 0.323 e. The van der Waals surface area contributed by atoms with Gasteiger partial charge in [-0.3, -0.25) is 0 Å². The number of carbonyl (C=O) groups is 1. The molecule has 1 fully saturated rings. The number of hydrogen-bond acceptors (Lipinski definition) is 4. The molecule has 2 aliphatic rings. The number of carbonyl (C=O) groups excluding carboxylic acids is 1. The van der Waals surface area contributed by atoms with Gasteiger partial charge in [0.05, 0.1) is 15.7 Å². The van der Waals surface area contributed by atoms with E-state index >= 15 is 0 Å². The molecule has 2 aromatic rings. The van der Waals surface area contributed by atoms with Crippen LogP contribution in [0.3, 0.4) is 0 Å². The van der Waals surface area contributed by atoms with E-state index in [0.717, 1.165) is 22.8 Å². The lowest BCUT2D eigenvalue weighted by molar-refractivity contribution is 0.171. The molecule has 1 saturated heterocycles. The van der Waals surface area contributed by atoms with Crippen LogP contribution in [0.2, 0.25) is 10.0 Å². The molecule has 0 spiro atoms. The van der Waals surface area contributed by atoms with Crippen LogP contribution in [0.15, 0.2) is 36.4 Å². The molecule has 136 valence electrons. The summed E-state index contributed by atoms with van der Waals surface area (Å²) in [6.45, 7) is 1.74. The van der Waals surface area contributed by atoms with E-state index in [1.165, 1.54) is 0 Å². The maximum atomic E-state index is 12.8. The van der Waals surface area contributed by atoms with Gasteiger partial charge in [0, 0.05) is 12.3 Å². The molecular formula is C18H16Cl2N2O3S. The Hall–Kier alpha value is -1.76. The highest BCUT2D eigenvalue weighted by Crippen LogP contribution is 2.42. The number of nitrogens with zero attached hydrogens (tertiary/aromatic N) is 1. The Morgan fingerprint density at radius 1 is 1.15 bits per heavy atom. The summed E-state index contributed by atoms with van der Waals surface area (Å²) < 4.78 is 11.2. The first kappa shape index (κ1) is 17.6. The van der Waals surface area contributed by atoms with Crippen molar-refractivity contribution in [2.24, 2.45) is 0 Å². The van der Waals surface area contributed by atoms with E-state index < -0.39 is 0 Å². The molecule has 0 radical (unpaired) electrons. The van der Waals surface area contributed by atoms with Gasteiger partial charge in [-0.25, -0.2) is 4.79 Å². The number of anilines is 1. The summed E-state index contributed by atoms with van der Waals surface area (Å²) in [6, 6.07) is 10.8. The molecule has 2 heterocycles. The van der Waals surface area contributed by atoms with Crippen LogP contribution in [-0.4, -0.2) is 36.4 Å². The standard InChI is InChI=1S/C18H16Cl2N2O3S/c19-12-2-1-3-13(16(12)20)21-18(23)22-6-9-26-17(22)11-4-5-14-15(10-11)25-8-7-24-14/h1-5,10,17H,6-9H2,(H,21,23)/t17-/m1/s1. The van der Waals surface area contributed by atoms with Gasteiger partial charge in [-0.15, -0.1) is 11.8 Å². The van der Waals surface area contributed by atoms with Crippen LogP contribution in [-0.2, 0) is 0 Å². The van der Waals surface area contributed by atoms with Crippen molar-refractivity contribution >= 4 is 46.7 Å². The quantitative estimate of drug-likeness (QED) is 0.752. The summed E-state index contributed by atoms with van der Waals surface area (Å²) in [5.41, 5.74) is 1.51. The molecule has 0 bridgehead atoms. The van der Waals surface area contributed by atoms with E-state index in [-0.39, 0.29) is 11.4 Å². The molecule has 1 atom stereocenters. The Bertz CT molecular complexity index is 849. The summed E-state index contributed by atoms with van der Waals surface area (Å²) >= 11 is 13.9. The molecule has 2 aromatic carbocycles. The molecule has 0 aromatic heterocycles. The van der Waals surface area contributed by atoms with Crippen LogP contribution in [0.5, 0.6) is 11.5 Å². The first-order chi connectivity index (χ1) is 12.6. The number of hydrogen-bond donors (Lipinski definition) is 1. The molecule has 0 saturated carbocycles. The summed E-state index contributed by atoms with van der Waals surface area (Å²) in [5.74, 6) is 2.32. The monoisotopic (exact) mass is 410 g/mol. The van der Waals surface area contributed by atoms with E-state index in [4.69, 9.17) is 32.7 Å². The molecule has 0 aliphatic carbocycles. The van der Waals surface area contributed by atoms with E-state index in [0.29, 0.717) is 35.5 Å². The van der Waals surface area contributed by atoms with Crippen LogP contribution in [0.4, 0.5) is 10.5 Å². The van der Waals surface area contributed by atoms with Gasteiger partial charge in [-0.1, -0.05) is 35.3 Å². The van der Waals surface area contributed by atoms with Crippen molar-refractivity contribution < 1.29 is 14.3 Å². The minimum atomic E-state index is -0.209. The summed E-state index contributed by atoms with van der Waals surface area (Å²) in [4.78, 5) is 14.6. The maximum absolute atomic E-state index is 12.8. The number of urea groups is 1. The number of ether oxygens (including phenoxy) is 2. The molecule has 4 rings (SSSR count). The van der Waals surface area contributed by atoms with Gasteiger partial charge in [-0.2, -0.15) is 0 Å². The zero-order valence-electron chi connectivity index (χ0n) is 13.7. The molecular weight excluding hydrogens is 395 g/mol. The van der Waals surface area contributed by atoms with Crippen molar-refractivity contribution in [2.45, 2.75) is 5.37 Å². The third-order valence-electron chi connectivity index (χ3n) is 4.20. The first-order valence-electron chi connectivity index (χ1n) is 8.16. The largest absolute Gasteiger partial charge is 0.486 e. The Kier molecular flexibility index (Phi) is 5.07. The molecule has 5 nitrogen and oxygen atoms in total. The number of rotatable bonds is 2. The fourth-order valence-corrected chi connectivity index (χ4v) is 4.55. The molecule has 26 heavy (non-hydrogen) atoms. The molecule has 0 unspecified atom stereocenters. The Morgan fingerprint density at radius 2 is 1.96 bits per heavy atom. The van der Waals surface area contributed by atoms with Crippen molar-refractivity contribution in [3.8, 4) is 11.5 Å². The summed E-state index contributed by atoms with van der Waals surface area (Å²) in [6.07, 6.45) is 0. The lowest BCUT2D eigenvalue weighted by Gasteiger charge is -2.26. The first-order valence-corrected chi connectivity index (χ1v) is 9.97. The molecule has 1 N–H and O–H groups in total. The van der Waals surface area contributed by atoms with Gasteiger partial charge < -0.3 is 19.7 Å². The lowest BCUT2D eigenvalue weighted by atomic mass is 10.1. The second kappa shape index (κ2) is 7.47. The Balaban J connectivity index is 1.54. The highest BCUT2D eigenvalue weighted by Gasteiger charge is 2.32. The Labute approximate surface area is 165 Å². The summed E-state index contributed by atoms with van der Waals surface area (Å²) in [5, 5.41) is 3.51. The number of halogens is 2. The SMILES string of the molecule is O=C(Nc1cccc(Cl)c1Cl)N1CCS[C@@H]1c1ccc2c(c1)OCCO2. The highest BCUT2D eigenvalue weighted by atomic mass is 35.5. The van der Waals surface area contributed by atoms with Crippen molar-refractivity contribution in [1.29, 1.82) is 0 Å². The second-order valence-corrected chi connectivity index (χ2v) is 7.82. The normalized spacial score (nSPS) is 18.7. The number of amides is 2. The predicted molar refractivity (Wildman–Crippen MR) is 105 cm³/mol. The van der Waals surface area contributed by atoms with E-state index in [9.17, 15) is 4.79 Å². The zero-order valence-corrected chi connectivity index (χ0v) is 16.0. The van der Waals surface area contributed by atoms with Crippen molar-refractivity contribution in [3.63, 3.8) is 0 Å². The predicted octanol–water partition coefficient (Wildman–Crippen LogP) is 5.04. The van der Waals surface area contributed by atoms with Gasteiger partial charge in [0.25, 0.3) is 0 Å². The van der Waals surface area contributed by atoms with E-state index in [2.05, 4.69) is 5.32 Å². The van der Waals surface area contributed by atoms with Crippen LogP contribution in [0.1, 0.15) is 10.9 Å². The van der Waals surface area contributed by atoms with Crippen LogP contribution in [0, 0.1) is 0 Å². The zero-order chi connectivity index (χ0) is 18.1. The van der Waals surface area contributed by atoms with Crippen molar-refractivity contribution in [2.75, 3.05) is 30.8 Å². The third kappa shape index (κ3) is 3.41. The van der Waals surface area contributed by atoms with Gasteiger partial charge in [0.15, 0.2) is 11.5 Å². The number of thioether (sulfide) groups is 1. The minimum absolute atomic E-state index is 0.0937. The van der Waals surface area contributed by atoms with Gasteiger partial charge >= 0.3 is 6.03 Å². The van der Waals surface area contributed by atoms with Crippen molar-refractivity contribution in [1.82, 2.24) is 4.90 Å². The van der Waals surface area contributed by atoms with Crippen LogP contribution in [0.25, 0.3) is 0 Å². The number of nitrogens with one attached hydrogen (secondary N) is 1. The molecule has 8 heteroatoms. The van der Waals surface area contributed by atoms with Gasteiger partial charge in [0.1, 0.15) is 18.6 Å². The van der Waals surface area contributed by atoms with Gasteiger partial charge in [-0.05, 0) is 29.8 Å². The third-order valence-corrected chi connectivity index (χ3v) is 6.28. The molecule has 2 aliphatic heterocycles. The number of fused-ring (bicyclic) bond motifs is 1. The van der Waals surface area contributed by atoms with E-state index in [1.807, 2.05) is 18.2 Å². The fraction of sp³-hybridized carbons (Fsp3) is 0.278. The Morgan fingerprint density at radius 3 is 2.81 bits per heavy atom. The average molecular weight is 411 g/mol.